The Kier molecular flexibility index (Phi) is 5.74. The molecule has 0 spiro atoms. The maximum atomic E-state index is 13.1. The molecule has 0 atom stereocenters. The third-order valence-electron chi connectivity index (χ3n) is 5.59. The maximum absolute atomic E-state index is 13.1. The zero-order valence-electron chi connectivity index (χ0n) is 17.3. The molecule has 6 nitrogen and oxygen atoms in total. The number of allylic oxidation sites excluding steroid dienone is 2. The van der Waals surface area contributed by atoms with Crippen LogP contribution in [0.5, 0.6) is 5.75 Å². The first-order valence-corrected chi connectivity index (χ1v) is 10.6. The van der Waals surface area contributed by atoms with Crippen molar-refractivity contribution in [2.45, 2.75) is 32.2 Å². The largest absolute Gasteiger partial charge is 0.508 e. The molecule has 0 fully saturated rings. The Hall–Kier alpha value is -3.25. The lowest BCUT2D eigenvalue weighted by Gasteiger charge is -2.17. The third-order valence-corrected chi connectivity index (χ3v) is 5.80. The van der Waals surface area contributed by atoms with E-state index in [0.717, 1.165) is 36.8 Å². The molecule has 0 saturated heterocycles. The summed E-state index contributed by atoms with van der Waals surface area (Å²) in [6, 6.07) is 8.05. The van der Waals surface area contributed by atoms with Gasteiger partial charge in [-0.3, -0.25) is 9.36 Å². The Balaban J connectivity index is 1.79. The number of rotatable bonds is 5. The number of benzene rings is 2. The number of anilines is 1. The van der Waals surface area contributed by atoms with Crippen molar-refractivity contribution < 1.29 is 10.2 Å². The number of nitrogens with one attached hydrogen (secondary N) is 1. The van der Waals surface area contributed by atoms with E-state index in [2.05, 4.69) is 18.0 Å². The number of nitrogens with zero attached hydrogens (tertiary/aromatic N) is 2. The van der Waals surface area contributed by atoms with Gasteiger partial charge in [-0.15, -0.1) is 0 Å². The number of fused-ring (bicyclic) bond motifs is 1. The fourth-order valence-electron chi connectivity index (χ4n) is 3.99. The highest BCUT2D eigenvalue weighted by Gasteiger charge is 2.17. The maximum Gasteiger partial charge on any atom is 0.261 e. The topological polar surface area (TPSA) is 87.4 Å². The van der Waals surface area contributed by atoms with Gasteiger partial charge in [-0.2, -0.15) is 0 Å². The first-order chi connectivity index (χ1) is 14.8. The van der Waals surface area contributed by atoms with Crippen LogP contribution in [0.3, 0.4) is 0 Å². The van der Waals surface area contributed by atoms with E-state index in [9.17, 15) is 15.0 Å². The Morgan fingerprint density at radius 2 is 2.10 bits per heavy atom. The quantitative estimate of drug-likeness (QED) is 0.368. The minimum Gasteiger partial charge on any atom is -0.508 e. The van der Waals surface area contributed by atoms with Gasteiger partial charge in [-0.1, -0.05) is 24.3 Å². The summed E-state index contributed by atoms with van der Waals surface area (Å²) < 4.78 is 1.60. The molecule has 4 rings (SSSR count). The minimum atomic E-state index is -0.159. The summed E-state index contributed by atoms with van der Waals surface area (Å²) >= 11 is 6.32. The van der Waals surface area contributed by atoms with Gasteiger partial charge >= 0.3 is 0 Å². The molecule has 0 radical (unpaired) electrons. The molecule has 160 valence electrons. The number of hydrogen-bond acceptors (Lipinski definition) is 5. The van der Waals surface area contributed by atoms with Crippen LogP contribution in [0, 0.1) is 0 Å². The molecule has 0 amide bonds. The van der Waals surface area contributed by atoms with Crippen LogP contribution in [-0.4, -0.2) is 19.8 Å². The molecule has 7 heteroatoms. The van der Waals surface area contributed by atoms with Crippen LogP contribution in [-0.2, 0) is 13.6 Å². The second-order valence-corrected chi connectivity index (χ2v) is 8.20. The summed E-state index contributed by atoms with van der Waals surface area (Å²) in [6.45, 7) is 3.87. The summed E-state index contributed by atoms with van der Waals surface area (Å²) in [5.41, 5.74) is 3.31. The van der Waals surface area contributed by atoms with Gasteiger partial charge in [0, 0.05) is 29.9 Å². The third kappa shape index (κ3) is 4.16. The van der Waals surface area contributed by atoms with E-state index in [1.54, 1.807) is 29.8 Å². The molecular formula is C24H24ClN3O3. The van der Waals surface area contributed by atoms with Crippen molar-refractivity contribution in [1.29, 1.82) is 0 Å². The van der Waals surface area contributed by atoms with E-state index >= 15 is 0 Å². The van der Waals surface area contributed by atoms with E-state index in [-0.39, 0.29) is 17.1 Å². The van der Waals surface area contributed by atoms with Crippen molar-refractivity contribution in [1.82, 2.24) is 9.55 Å². The fourth-order valence-corrected chi connectivity index (χ4v) is 4.23. The monoisotopic (exact) mass is 437 g/mol. The highest BCUT2D eigenvalue weighted by molar-refractivity contribution is 6.31. The summed E-state index contributed by atoms with van der Waals surface area (Å²) in [5.74, 6) is 0.558. The molecule has 3 aromatic rings. The number of phenolic OH excluding ortho intramolecular Hbond substituents is 1. The lowest BCUT2D eigenvalue weighted by molar-refractivity contribution is 0.473. The molecule has 0 saturated carbocycles. The van der Waals surface area contributed by atoms with Crippen molar-refractivity contribution in [2.75, 3.05) is 5.32 Å². The molecule has 1 heterocycles. The van der Waals surface area contributed by atoms with Crippen molar-refractivity contribution >= 4 is 39.5 Å². The molecule has 1 aliphatic carbocycles. The fraction of sp³-hybridized carbons (Fsp3) is 0.250. The average molecular weight is 438 g/mol. The van der Waals surface area contributed by atoms with E-state index in [4.69, 9.17) is 16.6 Å². The van der Waals surface area contributed by atoms with E-state index in [1.165, 1.54) is 12.1 Å². The molecule has 1 aromatic heterocycles. The number of aliphatic hydroxyl groups is 1. The molecule has 2 aromatic carbocycles. The van der Waals surface area contributed by atoms with E-state index < -0.39 is 0 Å². The molecule has 0 aliphatic heterocycles. The van der Waals surface area contributed by atoms with Crippen molar-refractivity contribution in [3.63, 3.8) is 0 Å². The first-order valence-electron chi connectivity index (χ1n) is 10.2. The molecule has 0 unspecified atom stereocenters. The molecular weight excluding hydrogens is 414 g/mol. The second-order valence-electron chi connectivity index (χ2n) is 7.77. The SMILES string of the molecule is C=C(O)c1cc(O)ccc1NCc1cc(Cl)cc2c(=O)n(C)c(C3=CCCCC3)nc12. The van der Waals surface area contributed by atoms with Gasteiger partial charge in [-0.05, 0) is 67.2 Å². The number of aromatic hydroxyl groups is 1. The lowest BCUT2D eigenvalue weighted by Crippen LogP contribution is -2.23. The van der Waals surface area contributed by atoms with E-state index in [0.29, 0.717) is 39.5 Å². The van der Waals surface area contributed by atoms with Gasteiger partial charge in [0.05, 0.1) is 10.9 Å². The van der Waals surface area contributed by atoms with Crippen LogP contribution >= 0.6 is 11.6 Å². The standard InChI is InChI=1S/C24H24ClN3O3/c1-14(29)19-12-18(30)8-9-21(19)26-13-16-10-17(25)11-20-22(16)27-23(28(2)24(20)31)15-6-4-3-5-7-15/h6,8-12,26,29-30H,1,3-5,7,13H2,2H3. The van der Waals surface area contributed by atoms with Crippen LogP contribution in [0.25, 0.3) is 22.2 Å². The van der Waals surface area contributed by atoms with Crippen molar-refractivity contribution in [2.24, 2.45) is 7.05 Å². The Bertz CT molecular complexity index is 1280. The summed E-state index contributed by atoms with van der Waals surface area (Å²) in [6.07, 6.45) is 6.31. The molecule has 1 aliphatic rings. The number of phenols is 1. The summed E-state index contributed by atoms with van der Waals surface area (Å²) in [5, 5.41) is 23.7. The van der Waals surface area contributed by atoms with Gasteiger partial charge in [0.15, 0.2) is 0 Å². The second kappa shape index (κ2) is 8.47. The highest BCUT2D eigenvalue weighted by atomic mass is 35.5. The number of halogens is 1. The number of hydrogen-bond donors (Lipinski definition) is 3. The predicted octanol–water partition coefficient (Wildman–Crippen LogP) is 5.39. The van der Waals surface area contributed by atoms with Gasteiger partial charge < -0.3 is 15.5 Å². The van der Waals surface area contributed by atoms with Crippen LogP contribution < -0.4 is 10.9 Å². The van der Waals surface area contributed by atoms with Gasteiger partial charge in [0.1, 0.15) is 17.3 Å². The molecule has 31 heavy (non-hydrogen) atoms. The zero-order valence-corrected chi connectivity index (χ0v) is 18.0. The normalized spacial score (nSPS) is 13.8. The van der Waals surface area contributed by atoms with Gasteiger partial charge in [0.25, 0.3) is 5.56 Å². The zero-order chi connectivity index (χ0) is 22.1. The highest BCUT2D eigenvalue weighted by Crippen LogP contribution is 2.29. The average Bonchev–Trinajstić information content (AvgIpc) is 2.76. The van der Waals surface area contributed by atoms with Crippen molar-refractivity contribution in [3.8, 4) is 5.75 Å². The Labute approximate surface area is 185 Å². The van der Waals surface area contributed by atoms with Crippen LogP contribution in [0.4, 0.5) is 5.69 Å². The van der Waals surface area contributed by atoms with Gasteiger partial charge in [0.2, 0.25) is 0 Å². The van der Waals surface area contributed by atoms with Crippen LogP contribution in [0.1, 0.15) is 42.6 Å². The number of aromatic nitrogens is 2. The summed E-state index contributed by atoms with van der Waals surface area (Å²) in [4.78, 5) is 18.0. The smallest absolute Gasteiger partial charge is 0.261 e. The molecule has 3 N–H and O–H groups in total. The summed E-state index contributed by atoms with van der Waals surface area (Å²) in [7, 11) is 1.74. The minimum absolute atomic E-state index is 0.0273. The lowest BCUT2D eigenvalue weighted by atomic mass is 9.98. The van der Waals surface area contributed by atoms with E-state index in [1.807, 2.05) is 0 Å². The Morgan fingerprint density at radius 1 is 1.29 bits per heavy atom. The van der Waals surface area contributed by atoms with Crippen molar-refractivity contribution in [3.05, 3.63) is 75.3 Å². The first kappa shape index (κ1) is 21.0. The Morgan fingerprint density at radius 3 is 2.81 bits per heavy atom. The van der Waals surface area contributed by atoms with Gasteiger partial charge in [-0.25, -0.2) is 4.98 Å². The number of aliphatic hydroxyl groups excluding tert-OH is 1. The van der Waals surface area contributed by atoms with Crippen LogP contribution in [0.15, 0.2) is 47.8 Å². The molecule has 0 bridgehead atoms. The van der Waals surface area contributed by atoms with Crippen LogP contribution in [0.2, 0.25) is 5.02 Å². The predicted molar refractivity (Wildman–Crippen MR) is 126 cm³/mol.